The van der Waals surface area contributed by atoms with E-state index in [1.807, 2.05) is 19.9 Å². The maximum absolute atomic E-state index is 12.6. The van der Waals surface area contributed by atoms with Crippen LogP contribution in [-0.4, -0.2) is 38.5 Å². The van der Waals surface area contributed by atoms with Crippen LogP contribution in [0.4, 0.5) is 13.2 Å². The van der Waals surface area contributed by atoms with E-state index in [9.17, 15) is 23.1 Å². The summed E-state index contributed by atoms with van der Waals surface area (Å²) in [4.78, 5) is 24.2. The molecule has 41 heavy (non-hydrogen) atoms. The number of halogens is 3. The van der Waals surface area contributed by atoms with E-state index in [1.54, 1.807) is 12.1 Å². The summed E-state index contributed by atoms with van der Waals surface area (Å²) in [5.74, 6) is 0.0401. The van der Waals surface area contributed by atoms with Crippen LogP contribution >= 0.6 is 0 Å². The van der Waals surface area contributed by atoms with Gasteiger partial charge in [0.1, 0.15) is 17.2 Å². The molecule has 9 nitrogen and oxygen atoms in total. The molecule has 0 bridgehead atoms. The van der Waals surface area contributed by atoms with E-state index < -0.39 is 12.3 Å². The van der Waals surface area contributed by atoms with E-state index in [0.717, 1.165) is 18.4 Å². The second-order valence-corrected chi connectivity index (χ2v) is 9.78. The van der Waals surface area contributed by atoms with Crippen molar-refractivity contribution in [3.8, 4) is 40.1 Å². The normalized spacial score (nSPS) is 13.3. The average Bonchev–Trinajstić information content (AvgIpc) is 3.66. The zero-order chi connectivity index (χ0) is 29.1. The molecule has 0 spiro atoms. The highest BCUT2D eigenvalue weighted by atomic mass is 19.4. The van der Waals surface area contributed by atoms with Gasteiger partial charge in [0, 0.05) is 23.5 Å². The molecular formula is C29H26F3N3O6. The van der Waals surface area contributed by atoms with E-state index in [-0.39, 0.29) is 42.5 Å². The Balaban J connectivity index is 1.45. The van der Waals surface area contributed by atoms with Crippen molar-refractivity contribution in [1.29, 1.82) is 0 Å². The monoisotopic (exact) mass is 569 g/mol. The first-order chi connectivity index (χ1) is 19.5. The Morgan fingerprint density at radius 3 is 2.39 bits per heavy atom. The molecule has 2 aromatic carbocycles. The number of benzene rings is 2. The first-order valence-corrected chi connectivity index (χ1v) is 12.9. The molecule has 1 fully saturated rings. The van der Waals surface area contributed by atoms with Crippen molar-refractivity contribution in [3.63, 3.8) is 0 Å². The SMILES string of the molecule is CC(C)Oc1ncc(-c2nc(COc3cc(CC(=O)O)ccc3C3CC3)oc2-c2ccc(OC(F)(F)F)cc2)cn1. The molecule has 0 atom stereocenters. The second-order valence-electron chi connectivity index (χ2n) is 9.78. The van der Waals surface area contributed by atoms with Gasteiger partial charge in [-0.25, -0.2) is 15.0 Å². The lowest BCUT2D eigenvalue weighted by Crippen LogP contribution is -2.16. The molecule has 0 radical (unpaired) electrons. The molecule has 1 aliphatic rings. The van der Waals surface area contributed by atoms with Crippen molar-refractivity contribution in [1.82, 2.24) is 15.0 Å². The number of carbonyl (C=O) groups is 1. The molecule has 0 saturated heterocycles. The molecule has 5 rings (SSSR count). The van der Waals surface area contributed by atoms with Crippen LogP contribution in [-0.2, 0) is 17.8 Å². The lowest BCUT2D eigenvalue weighted by atomic mass is 10.0. The third-order valence-electron chi connectivity index (χ3n) is 6.07. The average molecular weight is 570 g/mol. The van der Waals surface area contributed by atoms with Crippen molar-refractivity contribution in [2.24, 2.45) is 0 Å². The van der Waals surface area contributed by atoms with Crippen LogP contribution in [0.5, 0.6) is 17.5 Å². The first kappa shape index (κ1) is 27.9. The predicted molar refractivity (Wildman–Crippen MR) is 140 cm³/mol. The number of oxazole rings is 1. The second kappa shape index (κ2) is 11.5. The Hall–Kier alpha value is -4.61. The fourth-order valence-electron chi connectivity index (χ4n) is 4.20. The maximum Gasteiger partial charge on any atom is 0.573 e. The van der Waals surface area contributed by atoms with Gasteiger partial charge in [-0.2, -0.15) is 0 Å². The van der Waals surface area contributed by atoms with Crippen molar-refractivity contribution in [2.45, 2.75) is 58.1 Å². The minimum Gasteiger partial charge on any atom is -0.484 e. The third kappa shape index (κ3) is 7.33. The molecule has 1 aliphatic carbocycles. The summed E-state index contributed by atoms with van der Waals surface area (Å²) in [7, 11) is 0. The Bertz CT molecular complexity index is 1510. The fraction of sp³-hybridized carbons (Fsp3) is 0.310. The number of ether oxygens (including phenoxy) is 3. The van der Waals surface area contributed by atoms with Gasteiger partial charge >= 0.3 is 18.3 Å². The summed E-state index contributed by atoms with van der Waals surface area (Å²) in [5.41, 5.74) is 2.88. The summed E-state index contributed by atoms with van der Waals surface area (Å²) in [6.45, 7) is 3.61. The standard InChI is InChI=1S/C29H26F3N3O6/c1-16(2)39-28-33-13-20(14-34-28)26-27(19-6-8-21(9-7-19)41-29(30,31)32)40-24(35-26)15-38-23-11-17(12-25(36)37)3-10-22(23)18-4-5-18/h3,6-11,13-14,16,18H,4-5,12,15H2,1-2H3,(H,36,37). The Morgan fingerprint density at radius 1 is 1.07 bits per heavy atom. The smallest absolute Gasteiger partial charge is 0.484 e. The predicted octanol–water partition coefficient (Wildman–Crippen LogP) is 6.57. The Labute approximate surface area is 232 Å². The molecule has 0 aliphatic heterocycles. The molecule has 0 unspecified atom stereocenters. The Kier molecular flexibility index (Phi) is 7.82. The Morgan fingerprint density at radius 2 is 1.78 bits per heavy atom. The number of nitrogens with zero attached hydrogens (tertiary/aromatic N) is 3. The molecule has 2 heterocycles. The molecule has 214 valence electrons. The number of rotatable bonds is 11. The summed E-state index contributed by atoms with van der Waals surface area (Å²) in [6, 6.07) is 10.8. The van der Waals surface area contributed by atoms with E-state index in [1.165, 1.54) is 36.7 Å². The van der Waals surface area contributed by atoms with Gasteiger partial charge in [-0.1, -0.05) is 12.1 Å². The largest absolute Gasteiger partial charge is 0.573 e. The number of carboxylic acids is 1. The van der Waals surface area contributed by atoms with Crippen molar-refractivity contribution >= 4 is 5.97 Å². The van der Waals surface area contributed by atoms with Gasteiger partial charge in [-0.05, 0) is 74.1 Å². The zero-order valence-electron chi connectivity index (χ0n) is 22.1. The number of aliphatic carboxylic acids is 1. The van der Waals surface area contributed by atoms with Gasteiger partial charge in [-0.3, -0.25) is 4.79 Å². The van der Waals surface area contributed by atoms with Crippen LogP contribution in [0.1, 0.15) is 49.6 Å². The molecule has 2 aromatic heterocycles. The lowest BCUT2D eigenvalue weighted by molar-refractivity contribution is -0.274. The fourth-order valence-corrected chi connectivity index (χ4v) is 4.20. The minimum absolute atomic E-state index is 0.0755. The first-order valence-electron chi connectivity index (χ1n) is 12.9. The summed E-state index contributed by atoms with van der Waals surface area (Å²) >= 11 is 0. The van der Waals surface area contributed by atoms with Gasteiger partial charge in [0.05, 0.1) is 12.5 Å². The van der Waals surface area contributed by atoms with Gasteiger partial charge in [0.15, 0.2) is 12.4 Å². The van der Waals surface area contributed by atoms with Crippen LogP contribution in [0.3, 0.4) is 0 Å². The van der Waals surface area contributed by atoms with E-state index in [2.05, 4.69) is 19.7 Å². The number of hydrogen-bond donors (Lipinski definition) is 1. The van der Waals surface area contributed by atoms with Crippen molar-refractivity contribution in [2.75, 3.05) is 0 Å². The number of carboxylic acid groups (broad SMARTS) is 1. The molecule has 1 N–H and O–H groups in total. The van der Waals surface area contributed by atoms with Crippen LogP contribution < -0.4 is 14.2 Å². The number of alkyl halides is 3. The van der Waals surface area contributed by atoms with Crippen LogP contribution in [0.25, 0.3) is 22.6 Å². The van der Waals surface area contributed by atoms with E-state index in [4.69, 9.17) is 13.9 Å². The summed E-state index contributed by atoms with van der Waals surface area (Å²) in [5, 5.41) is 9.19. The summed E-state index contributed by atoms with van der Waals surface area (Å²) < 4.78 is 59.5. The van der Waals surface area contributed by atoms with Crippen molar-refractivity contribution in [3.05, 3.63) is 71.9 Å². The quantitative estimate of drug-likeness (QED) is 0.214. The van der Waals surface area contributed by atoms with Crippen LogP contribution in [0.15, 0.2) is 59.3 Å². The molecule has 12 heteroatoms. The lowest BCUT2D eigenvalue weighted by Gasteiger charge is -2.11. The van der Waals surface area contributed by atoms with Gasteiger partial charge in [0.2, 0.25) is 5.89 Å². The highest BCUT2D eigenvalue weighted by molar-refractivity contribution is 5.76. The minimum atomic E-state index is -4.82. The number of aromatic nitrogens is 3. The molecule has 0 amide bonds. The third-order valence-corrected chi connectivity index (χ3v) is 6.07. The maximum atomic E-state index is 12.6. The van der Waals surface area contributed by atoms with E-state index >= 15 is 0 Å². The van der Waals surface area contributed by atoms with E-state index in [0.29, 0.717) is 34.1 Å². The van der Waals surface area contributed by atoms with Gasteiger partial charge in [-0.15, -0.1) is 13.2 Å². The van der Waals surface area contributed by atoms with Crippen molar-refractivity contribution < 1.29 is 41.7 Å². The molecule has 1 saturated carbocycles. The van der Waals surface area contributed by atoms with Gasteiger partial charge < -0.3 is 23.7 Å². The number of hydrogen-bond acceptors (Lipinski definition) is 8. The highest BCUT2D eigenvalue weighted by Gasteiger charge is 2.31. The van der Waals surface area contributed by atoms with Crippen LogP contribution in [0.2, 0.25) is 0 Å². The van der Waals surface area contributed by atoms with Gasteiger partial charge in [0.25, 0.3) is 0 Å². The van der Waals surface area contributed by atoms with Crippen LogP contribution in [0, 0.1) is 0 Å². The highest BCUT2D eigenvalue weighted by Crippen LogP contribution is 2.45. The molecular weight excluding hydrogens is 543 g/mol. The zero-order valence-corrected chi connectivity index (χ0v) is 22.1. The molecule has 4 aromatic rings. The topological polar surface area (TPSA) is 117 Å². The summed E-state index contributed by atoms with van der Waals surface area (Å²) in [6.07, 6.45) is -0.0180.